The Bertz CT molecular complexity index is 8.00. The van der Waals surface area contributed by atoms with Crippen molar-refractivity contribution in [3.8, 4) is 0 Å². The molecule has 0 aliphatic rings. The molecule has 0 atom stereocenters. The summed E-state index contributed by atoms with van der Waals surface area (Å²) in [6.45, 7) is 0. The molecule has 7 radical (unpaired) electrons. The molecule has 0 aliphatic carbocycles. The quantitative estimate of drug-likeness (QED) is 0.397. The summed E-state index contributed by atoms with van der Waals surface area (Å²) in [4.78, 5) is 0. The first-order valence-electron chi connectivity index (χ1n) is 0. The van der Waals surface area contributed by atoms with Crippen LogP contribution in [0.1, 0.15) is 7.43 Å². The molecule has 0 nitrogen and oxygen atoms in total. The summed E-state index contributed by atoms with van der Waals surface area (Å²) in [5.74, 6) is 0. The molecule has 0 fully saturated rings. The zero-order chi connectivity index (χ0) is 0. The Hall–Kier alpha value is 1.27. The minimum atomic E-state index is 0. The van der Waals surface area contributed by atoms with Crippen molar-refractivity contribution in [2.75, 3.05) is 0 Å². The van der Waals surface area contributed by atoms with E-state index >= 15 is 0 Å². The molecule has 0 saturated heterocycles. The zero-order valence-corrected chi connectivity index (χ0v) is 4.69. The summed E-state index contributed by atoms with van der Waals surface area (Å²) >= 11 is 0. The summed E-state index contributed by atoms with van der Waals surface area (Å²) < 4.78 is 0. The second kappa shape index (κ2) is 28.3. The maximum Gasteiger partial charge on any atom is 0 e. The van der Waals surface area contributed by atoms with E-state index in [2.05, 4.69) is 0 Å². The normalized spacial score (nSPS) is 0. The van der Waals surface area contributed by atoms with Gasteiger partial charge < -0.3 is 0 Å². The SMILES string of the molecule is C.[Al].[Fe].[Si]. The van der Waals surface area contributed by atoms with E-state index in [1.54, 1.807) is 0 Å². The first kappa shape index (κ1) is 59.6. The van der Waals surface area contributed by atoms with Crippen LogP contribution in [0.5, 0.6) is 0 Å². The number of rotatable bonds is 0. The smallest absolute Gasteiger partial charge is 0 e. The monoisotopic (exact) mass is 127 g/mol. The van der Waals surface area contributed by atoms with Crippen molar-refractivity contribution in [3.05, 3.63) is 0 Å². The van der Waals surface area contributed by atoms with Crippen LogP contribution in [0.2, 0.25) is 0 Å². The van der Waals surface area contributed by atoms with E-state index < -0.39 is 0 Å². The predicted octanol–water partition coefficient (Wildman–Crippen LogP) is -0.128. The fraction of sp³-hybridized carbons (Fsp3) is 1.00. The van der Waals surface area contributed by atoms with Gasteiger partial charge >= 0.3 is 0 Å². The molecule has 0 saturated carbocycles. The fourth-order valence-electron chi connectivity index (χ4n) is 0. The van der Waals surface area contributed by atoms with E-state index in [4.69, 9.17) is 0 Å². The Morgan fingerprint density at radius 1 is 1.00 bits per heavy atom. The van der Waals surface area contributed by atoms with E-state index in [9.17, 15) is 0 Å². The molecule has 0 aromatic rings. The average molecular weight is 127 g/mol. The van der Waals surface area contributed by atoms with E-state index in [-0.39, 0.29) is 52.8 Å². The van der Waals surface area contributed by atoms with Crippen LogP contribution in [0.3, 0.4) is 0 Å². The van der Waals surface area contributed by atoms with E-state index in [1.807, 2.05) is 0 Å². The van der Waals surface area contributed by atoms with Crippen LogP contribution in [0.25, 0.3) is 0 Å². The Morgan fingerprint density at radius 2 is 1.00 bits per heavy atom. The van der Waals surface area contributed by atoms with Crippen LogP contribution in [-0.2, 0) is 17.1 Å². The van der Waals surface area contributed by atoms with Crippen LogP contribution in [0.15, 0.2) is 0 Å². The van der Waals surface area contributed by atoms with Crippen molar-refractivity contribution in [2.24, 2.45) is 0 Å². The molecule has 0 amide bonds. The van der Waals surface area contributed by atoms with E-state index in [0.717, 1.165) is 0 Å². The van der Waals surface area contributed by atoms with Gasteiger partial charge in [0.2, 0.25) is 0 Å². The van der Waals surface area contributed by atoms with Crippen molar-refractivity contribution < 1.29 is 17.1 Å². The fourth-order valence-corrected chi connectivity index (χ4v) is 0. The van der Waals surface area contributed by atoms with Gasteiger partial charge in [-0.05, 0) is 0 Å². The number of hydrogen-bond donors (Lipinski definition) is 0. The Morgan fingerprint density at radius 3 is 1.00 bits per heavy atom. The summed E-state index contributed by atoms with van der Waals surface area (Å²) in [6.07, 6.45) is 0. The van der Waals surface area contributed by atoms with Crippen LogP contribution >= 0.6 is 0 Å². The third-order valence-electron chi connectivity index (χ3n) is 0. The Kier molecular flexibility index (Phi) is 422. The summed E-state index contributed by atoms with van der Waals surface area (Å²) in [7, 11) is 0. The molecule has 0 aromatic heterocycles. The Labute approximate surface area is 53.0 Å². The maximum atomic E-state index is 0. The zero-order valence-electron chi connectivity index (χ0n) is 1.43. The first-order valence-corrected chi connectivity index (χ1v) is 0. The van der Waals surface area contributed by atoms with Crippen LogP contribution in [0.4, 0.5) is 0 Å². The molecule has 0 heterocycles. The van der Waals surface area contributed by atoms with Gasteiger partial charge in [0.05, 0.1) is 0 Å². The molecule has 0 bridgehead atoms. The van der Waals surface area contributed by atoms with Gasteiger partial charge in [0.25, 0.3) is 0 Å². The molecule has 3 heteroatoms. The molecule has 4 heavy (non-hydrogen) atoms. The summed E-state index contributed by atoms with van der Waals surface area (Å²) in [5, 5.41) is 0. The molecule has 0 N–H and O–H groups in total. The molecule has 23 valence electrons. The van der Waals surface area contributed by atoms with Crippen LogP contribution in [-0.4, -0.2) is 28.3 Å². The third kappa shape index (κ3) is 10.5. The van der Waals surface area contributed by atoms with Gasteiger partial charge in [0.1, 0.15) is 0 Å². The van der Waals surface area contributed by atoms with Gasteiger partial charge in [0.15, 0.2) is 0 Å². The van der Waals surface area contributed by atoms with Gasteiger partial charge in [-0.2, -0.15) is 0 Å². The molecule has 0 unspecified atom stereocenters. The molecule has 0 aromatic carbocycles. The van der Waals surface area contributed by atoms with Crippen molar-refractivity contribution in [1.82, 2.24) is 0 Å². The van der Waals surface area contributed by atoms with Gasteiger partial charge in [-0.15, -0.1) is 0 Å². The van der Waals surface area contributed by atoms with E-state index in [1.165, 1.54) is 0 Å². The minimum absolute atomic E-state index is 0. The second-order valence-electron chi connectivity index (χ2n) is 0. The van der Waals surface area contributed by atoms with Gasteiger partial charge in [-0.1, -0.05) is 7.43 Å². The number of hydrogen-bond acceptors (Lipinski definition) is 0. The molecule has 0 aliphatic heterocycles. The van der Waals surface area contributed by atoms with Gasteiger partial charge in [-0.3, -0.25) is 0 Å². The van der Waals surface area contributed by atoms with Crippen molar-refractivity contribution in [2.45, 2.75) is 7.43 Å². The molecule has 0 rings (SSSR count). The van der Waals surface area contributed by atoms with Crippen LogP contribution in [0, 0.1) is 0 Å². The summed E-state index contributed by atoms with van der Waals surface area (Å²) in [5.41, 5.74) is 0. The van der Waals surface area contributed by atoms with E-state index in [0.29, 0.717) is 0 Å². The Balaban J connectivity index is 0. The van der Waals surface area contributed by atoms with Crippen molar-refractivity contribution in [3.63, 3.8) is 0 Å². The van der Waals surface area contributed by atoms with Crippen molar-refractivity contribution >= 4 is 28.3 Å². The minimum Gasteiger partial charge on any atom is -0.0776 e. The topological polar surface area (TPSA) is 0 Å². The maximum absolute atomic E-state index is 0. The molecular formula is CH4AlFeSi. The third-order valence-corrected chi connectivity index (χ3v) is 0. The molecule has 0 spiro atoms. The first-order chi connectivity index (χ1) is 0. The summed E-state index contributed by atoms with van der Waals surface area (Å²) in [6, 6.07) is 0. The van der Waals surface area contributed by atoms with Crippen LogP contribution < -0.4 is 0 Å². The van der Waals surface area contributed by atoms with Crippen molar-refractivity contribution in [1.29, 1.82) is 0 Å². The second-order valence-corrected chi connectivity index (χ2v) is 0. The average Bonchev–Trinajstić information content (AvgIpc) is 0. The predicted molar refractivity (Wildman–Crippen MR) is 18.2 cm³/mol. The van der Waals surface area contributed by atoms with Gasteiger partial charge in [0, 0.05) is 45.4 Å². The van der Waals surface area contributed by atoms with Gasteiger partial charge in [-0.25, -0.2) is 0 Å². The molecular weight excluding hydrogens is 123 g/mol. The standard InChI is InChI=1S/CH4.Al.Fe.Si/h1H4;;;. The largest absolute Gasteiger partial charge is 0.0776 e.